The van der Waals surface area contributed by atoms with E-state index in [2.05, 4.69) is 15.9 Å². The highest BCUT2D eigenvalue weighted by molar-refractivity contribution is 9.10. The molecule has 2 atom stereocenters. The van der Waals surface area contributed by atoms with E-state index >= 15 is 0 Å². The molecule has 0 aromatic heterocycles. The number of nitrogens with zero attached hydrogens (tertiary/aromatic N) is 1. The average molecular weight is 324 g/mol. The van der Waals surface area contributed by atoms with Crippen LogP contribution in [-0.4, -0.2) is 28.6 Å². The van der Waals surface area contributed by atoms with Gasteiger partial charge in [0, 0.05) is 17.6 Å². The van der Waals surface area contributed by atoms with Crippen LogP contribution >= 0.6 is 15.9 Å². The number of hydrogen-bond acceptors (Lipinski definition) is 2. The number of aliphatic hydroxyl groups excluding tert-OH is 1. The summed E-state index contributed by atoms with van der Waals surface area (Å²) in [6.45, 7) is 1.53. The van der Waals surface area contributed by atoms with Gasteiger partial charge in [0.05, 0.1) is 11.7 Å². The number of amides is 1. The van der Waals surface area contributed by atoms with Crippen molar-refractivity contribution in [3.8, 4) is 0 Å². The lowest BCUT2D eigenvalue weighted by molar-refractivity contribution is 0.0767. The largest absolute Gasteiger partial charge is 0.393 e. The van der Waals surface area contributed by atoms with Crippen molar-refractivity contribution < 1.29 is 9.90 Å². The zero-order valence-corrected chi connectivity index (χ0v) is 12.4. The minimum absolute atomic E-state index is 0.120. The van der Waals surface area contributed by atoms with Gasteiger partial charge in [-0.1, -0.05) is 12.1 Å². The number of aliphatic hydroxyl groups is 1. The third kappa shape index (κ3) is 2.56. The summed E-state index contributed by atoms with van der Waals surface area (Å²) in [5.41, 5.74) is 1.94. The Morgan fingerprint density at radius 2 is 2.21 bits per heavy atom. The topological polar surface area (TPSA) is 40.5 Å². The number of fused-ring (bicyclic) bond motifs is 1. The molecule has 2 aliphatic rings. The van der Waals surface area contributed by atoms with Crippen LogP contribution < -0.4 is 0 Å². The van der Waals surface area contributed by atoms with Crippen LogP contribution in [0.2, 0.25) is 0 Å². The van der Waals surface area contributed by atoms with E-state index in [0.29, 0.717) is 5.92 Å². The standard InChI is InChI=1S/C15H18BrNO2/c16-13-3-1-2-11-9-17(15(19)14(11)13)7-6-10-4-5-12(18)8-10/h1-3,10,12,18H,4-9H2/t10-,12+/m1/s1. The fraction of sp³-hybridized carbons (Fsp3) is 0.533. The van der Waals surface area contributed by atoms with Crippen molar-refractivity contribution in [2.75, 3.05) is 6.54 Å². The number of rotatable bonds is 3. The molecule has 3 nitrogen and oxygen atoms in total. The van der Waals surface area contributed by atoms with Gasteiger partial charge in [-0.15, -0.1) is 0 Å². The second kappa shape index (κ2) is 5.25. The van der Waals surface area contributed by atoms with Crippen molar-refractivity contribution in [2.45, 2.75) is 38.3 Å². The van der Waals surface area contributed by atoms with Crippen LogP contribution in [0.15, 0.2) is 22.7 Å². The molecule has 0 saturated heterocycles. The van der Waals surface area contributed by atoms with Crippen LogP contribution in [0.4, 0.5) is 0 Å². The monoisotopic (exact) mass is 323 g/mol. The van der Waals surface area contributed by atoms with Gasteiger partial charge in [-0.05, 0) is 59.2 Å². The first-order valence-corrected chi connectivity index (χ1v) is 7.69. The molecule has 1 aliphatic heterocycles. The summed E-state index contributed by atoms with van der Waals surface area (Å²) in [5, 5.41) is 9.54. The van der Waals surface area contributed by atoms with Gasteiger partial charge in [-0.3, -0.25) is 4.79 Å². The molecule has 1 saturated carbocycles. The number of halogens is 1. The van der Waals surface area contributed by atoms with Gasteiger partial charge in [0.1, 0.15) is 0 Å². The van der Waals surface area contributed by atoms with Crippen molar-refractivity contribution in [3.63, 3.8) is 0 Å². The van der Waals surface area contributed by atoms with Crippen LogP contribution in [0, 0.1) is 5.92 Å². The molecule has 4 heteroatoms. The lowest BCUT2D eigenvalue weighted by atomic mass is 10.0. The van der Waals surface area contributed by atoms with E-state index in [1.165, 1.54) is 0 Å². The second-order valence-corrected chi connectivity index (χ2v) is 6.48. The van der Waals surface area contributed by atoms with Gasteiger partial charge in [0.15, 0.2) is 0 Å². The van der Waals surface area contributed by atoms with E-state index in [0.717, 1.165) is 54.4 Å². The molecule has 1 heterocycles. The first-order chi connectivity index (χ1) is 9.15. The molecule has 1 aromatic rings. The fourth-order valence-electron chi connectivity index (χ4n) is 3.21. The SMILES string of the molecule is O=C1c2c(Br)cccc2CN1CC[C@H]1CC[C@H](O)C1. The molecule has 102 valence electrons. The van der Waals surface area contributed by atoms with Crippen LogP contribution in [-0.2, 0) is 6.54 Å². The quantitative estimate of drug-likeness (QED) is 0.929. The minimum Gasteiger partial charge on any atom is -0.393 e. The predicted molar refractivity (Wildman–Crippen MR) is 76.8 cm³/mol. The molecule has 1 aliphatic carbocycles. The van der Waals surface area contributed by atoms with Crippen LogP contribution in [0.5, 0.6) is 0 Å². The summed E-state index contributed by atoms with van der Waals surface area (Å²) in [6.07, 6.45) is 3.81. The molecule has 1 aromatic carbocycles. The Balaban J connectivity index is 1.63. The van der Waals surface area contributed by atoms with Crippen LogP contribution in [0.3, 0.4) is 0 Å². The highest BCUT2D eigenvalue weighted by Gasteiger charge is 2.30. The lowest BCUT2D eigenvalue weighted by Gasteiger charge is -2.18. The van der Waals surface area contributed by atoms with Crippen molar-refractivity contribution in [1.29, 1.82) is 0 Å². The van der Waals surface area contributed by atoms with Gasteiger partial charge in [-0.25, -0.2) is 0 Å². The number of benzene rings is 1. The zero-order chi connectivity index (χ0) is 13.4. The van der Waals surface area contributed by atoms with Crippen molar-refractivity contribution >= 4 is 21.8 Å². The molecular formula is C15H18BrNO2. The van der Waals surface area contributed by atoms with Crippen LogP contribution in [0.1, 0.15) is 41.6 Å². The van der Waals surface area contributed by atoms with E-state index in [-0.39, 0.29) is 12.0 Å². The second-order valence-electron chi connectivity index (χ2n) is 5.62. The first-order valence-electron chi connectivity index (χ1n) is 6.90. The highest BCUT2D eigenvalue weighted by atomic mass is 79.9. The van der Waals surface area contributed by atoms with Gasteiger partial charge in [-0.2, -0.15) is 0 Å². The van der Waals surface area contributed by atoms with E-state index in [1.807, 2.05) is 23.1 Å². The van der Waals surface area contributed by atoms with E-state index in [1.54, 1.807) is 0 Å². The number of hydrogen-bond donors (Lipinski definition) is 1. The number of carbonyl (C=O) groups is 1. The van der Waals surface area contributed by atoms with Crippen molar-refractivity contribution in [3.05, 3.63) is 33.8 Å². The molecule has 19 heavy (non-hydrogen) atoms. The molecule has 0 bridgehead atoms. The Morgan fingerprint density at radius 3 is 2.89 bits per heavy atom. The number of carbonyl (C=O) groups excluding carboxylic acids is 1. The molecule has 3 rings (SSSR count). The summed E-state index contributed by atoms with van der Waals surface area (Å²) >= 11 is 3.46. The Hall–Kier alpha value is -0.870. The summed E-state index contributed by atoms with van der Waals surface area (Å²) in [6, 6.07) is 5.93. The molecule has 0 radical (unpaired) electrons. The maximum Gasteiger partial charge on any atom is 0.255 e. The van der Waals surface area contributed by atoms with Crippen molar-refractivity contribution in [2.24, 2.45) is 5.92 Å². The Kier molecular flexibility index (Phi) is 3.63. The molecule has 1 N–H and O–H groups in total. The normalized spacial score (nSPS) is 26.0. The van der Waals surface area contributed by atoms with Gasteiger partial charge < -0.3 is 10.0 Å². The average Bonchev–Trinajstić information content (AvgIpc) is 2.92. The van der Waals surface area contributed by atoms with Gasteiger partial charge >= 0.3 is 0 Å². The summed E-state index contributed by atoms with van der Waals surface area (Å²) < 4.78 is 0.897. The summed E-state index contributed by atoms with van der Waals surface area (Å²) in [7, 11) is 0. The highest BCUT2D eigenvalue weighted by Crippen LogP contribution is 2.32. The van der Waals surface area contributed by atoms with Crippen molar-refractivity contribution in [1.82, 2.24) is 4.90 Å². The van der Waals surface area contributed by atoms with E-state index < -0.39 is 0 Å². The van der Waals surface area contributed by atoms with Gasteiger partial charge in [0.2, 0.25) is 0 Å². The molecule has 0 unspecified atom stereocenters. The maximum absolute atomic E-state index is 12.3. The van der Waals surface area contributed by atoms with Crippen LogP contribution in [0.25, 0.3) is 0 Å². The van der Waals surface area contributed by atoms with E-state index in [9.17, 15) is 9.90 Å². The lowest BCUT2D eigenvalue weighted by Crippen LogP contribution is -2.26. The first kappa shape index (κ1) is 13.1. The molecule has 1 fully saturated rings. The summed E-state index contributed by atoms with van der Waals surface area (Å²) in [4.78, 5) is 14.3. The summed E-state index contributed by atoms with van der Waals surface area (Å²) in [5.74, 6) is 0.718. The zero-order valence-electron chi connectivity index (χ0n) is 10.8. The Bertz CT molecular complexity index is 503. The fourth-order valence-corrected chi connectivity index (χ4v) is 3.78. The third-order valence-electron chi connectivity index (χ3n) is 4.28. The van der Waals surface area contributed by atoms with Gasteiger partial charge in [0.25, 0.3) is 5.91 Å². The maximum atomic E-state index is 12.3. The third-order valence-corrected chi connectivity index (χ3v) is 4.94. The Morgan fingerprint density at radius 1 is 1.37 bits per heavy atom. The predicted octanol–water partition coefficient (Wildman–Crippen LogP) is 2.96. The molecule has 1 amide bonds. The minimum atomic E-state index is -0.120. The smallest absolute Gasteiger partial charge is 0.255 e. The molecular weight excluding hydrogens is 306 g/mol. The molecule has 0 spiro atoms. The Labute approximate surface area is 121 Å². The van der Waals surface area contributed by atoms with E-state index in [4.69, 9.17) is 0 Å².